The molecule has 0 saturated carbocycles. The standard InChI is InChI=1S/C24H40P2/c1-6-22(21-17-13-11-14-18-21)23-24(7-2,8-3)19-15-12-16-20-25(9-4)26(23)10-5/h11,13-14,17-18H,6-10,12,15-16,19-20H2,1-5H3. The van der Waals surface area contributed by atoms with Gasteiger partial charge in [-0.15, -0.1) is 0 Å². The first kappa shape index (κ1) is 22.1. The van der Waals surface area contributed by atoms with Crippen LogP contribution in [0.3, 0.4) is 0 Å². The molecule has 1 heterocycles. The van der Waals surface area contributed by atoms with Crippen LogP contribution >= 0.6 is 15.2 Å². The van der Waals surface area contributed by atoms with E-state index in [1.807, 2.05) is 5.31 Å². The van der Waals surface area contributed by atoms with Gasteiger partial charge in [0.05, 0.1) is 0 Å². The van der Waals surface area contributed by atoms with E-state index < -0.39 is 0 Å². The normalized spacial score (nSPS) is 25.9. The van der Waals surface area contributed by atoms with E-state index in [9.17, 15) is 0 Å². The Bertz CT molecular complexity index is 557. The second-order valence-corrected chi connectivity index (χ2v) is 14.7. The average molecular weight is 391 g/mol. The molecule has 1 aromatic rings. The molecule has 1 saturated heterocycles. The topological polar surface area (TPSA) is 0 Å². The summed E-state index contributed by atoms with van der Waals surface area (Å²) in [5.41, 5.74) is 3.66. The molecule has 0 bridgehead atoms. The fraction of sp³-hybridized carbons (Fsp3) is 0.667. The molecule has 1 aliphatic heterocycles. The molecule has 2 unspecified atom stereocenters. The minimum Gasteiger partial charge on any atom is -0.0769 e. The maximum absolute atomic E-state index is 2.49. The largest absolute Gasteiger partial charge is 0.0769 e. The van der Waals surface area contributed by atoms with Gasteiger partial charge in [0, 0.05) is 0 Å². The Kier molecular flexibility index (Phi) is 9.33. The van der Waals surface area contributed by atoms with Crippen LogP contribution in [0.5, 0.6) is 0 Å². The zero-order valence-electron chi connectivity index (χ0n) is 17.9. The molecule has 0 aromatic heterocycles. The summed E-state index contributed by atoms with van der Waals surface area (Å²) in [6, 6.07) is 11.4. The molecule has 1 fully saturated rings. The van der Waals surface area contributed by atoms with Crippen LogP contribution in [0.15, 0.2) is 35.6 Å². The Morgan fingerprint density at radius 3 is 2.12 bits per heavy atom. The number of benzene rings is 1. The highest BCUT2D eigenvalue weighted by Crippen LogP contribution is 2.78. The Hall–Kier alpha value is -0.180. The van der Waals surface area contributed by atoms with Gasteiger partial charge < -0.3 is 0 Å². The Morgan fingerprint density at radius 1 is 0.885 bits per heavy atom. The third-order valence-electron chi connectivity index (χ3n) is 6.45. The lowest BCUT2D eigenvalue weighted by molar-refractivity contribution is 0.305. The van der Waals surface area contributed by atoms with Crippen molar-refractivity contribution < 1.29 is 0 Å². The van der Waals surface area contributed by atoms with Crippen LogP contribution in [-0.4, -0.2) is 18.5 Å². The van der Waals surface area contributed by atoms with Gasteiger partial charge in [0.2, 0.25) is 0 Å². The van der Waals surface area contributed by atoms with Crippen molar-refractivity contribution in [2.24, 2.45) is 5.41 Å². The summed E-state index contributed by atoms with van der Waals surface area (Å²) in [6.45, 7) is 12.3. The first-order valence-electron chi connectivity index (χ1n) is 11.0. The van der Waals surface area contributed by atoms with Crippen LogP contribution in [0.4, 0.5) is 0 Å². The van der Waals surface area contributed by atoms with Crippen molar-refractivity contribution in [2.45, 2.75) is 79.6 Å². The fourth-order valence-electron chi connectivity index (χ4n) is 4.84. The number of hydrogen-bond donors (Lipinski definition) is 0. The van der Waals surface area contributed by atoms with Crippen LogP contribution in [0.1, 0.15) is 85.1 Å². The van der Waals surface area contributed by atoms with Crippen molar-refractivity contribution in [3.8, 4) is 0 Å². The lowest BCUT2D eigenvalue weighted by Crippen LogP contribution is -2.23. The lowest BCUT2D eigenvalue weighted by Gasteiger charge is -2.43. The number of rotatable bonds is 6. The molecular formula is C24H40P2. The summed E-state index contributed by atoms with van der Waals surface area (Å²) in [7, 11) is 0.194. The first-order chi connectivity index (χ1) is 12.7. The monoisotopic (exact) mass is 390 g/mol. The van der Waals surface area contributed by atoms with E-state index in [0.717, 1.165) is 0 Å². The minimum atomic E-state index is 0.0189. The van der Waals surface area contributed by atoms with Gasteiger partial charge in [-0.25, -0.2) is 0 Å². The fourth-order valence-corrected chi connectivity index (χ4v) is 14.1. The molecule has 0 aliphatic carbocycles. The van der Waals surface area contributed by atoms with Crippen molar-refractivity contribution in [2.75, 3.05) is 18.5 Å². The summed E-state index contributed by atoms with van der Waals surface area (Å²) in [4.78, 5) is 0. The van der Waals surface area contributed by atoms with Gasteiger partial charge in [0.15, 0.2) is 0 Å². The highest BCUT2D eigenvalue weighted by Gasteiger charge is 2.39. The molecule has 0 amide bonds. The van der Waals surface area contributed by atoms with Gasteiger partial charge in [-0.1, -0.05) is 93.0 Å². The average Bonchev–Trinajstić information content (AvgIpc) is 2.77. The van der Waals surface area contributed by atoms with E-state index >= 15 is 0 Å². The summed E-state index contributed by atoms with van der Waals surface area (Å²) < 4.78 is 0. The summed E-state index contributed by atoms with van der Waals surface area (Å²) >= 11 is 0. The number of hydrogen-bond acceptors (Lipinski definition) is 0. The molecular weight excluding hydrogens is 350 g/mol. The van der Waals surface area contributed by atoms with Gasteiger partial charge in [-0.05, 0) is 72.5 Å². The van der Waals surface area contributed by atoms with Crippen molar-refractivity contribution in [1.82, 2.24) is 0 Å². The molecule has 1 aromatic carbocycles. The summed E-state index contributed by atoms with van der Waals surface area (Å²) in [6.07, 6.45) is 13.9. The molecule has 146 valence electrons. The van der Waals surface area contributed by atoms with E-state index in [0.29, 0.717) is 5.41 Å². The van der Waals surface area contributed by atoms with Crippen LogP contribution < -0.4 is 0 Å². The van der Waals surface area contributed by atoms with Gasteiger partial charge in [-0.3, -0.25) is 0 Å². The SMILES string of the molecule is CCC(=C1P(CC)P(CC)CCCCCC1(CC)CC)c1ccccc1. The van der Waals surface area contributed by atoms with E-state index in [4.69, 9.17) is 0 Å². The smallest absolute Gasteiger partial charge is 0.00415 e. The first-order valence-corrected chi connectivity index (χ1v) is 14.9. The molecule has 0 spiro atoms. The van der Waals surface area contributed by atoms with E-state index in [1.165, 1.54) is 69.0 Å². The molecule has 26 heavy (non-hydrogen) atoms. The Morgan fingerprint density at radius 2 is 1.58 bits per heavy atom. The van der Waals surface area contributed by atoms with Gasteiger partial charge in [0.25, 0.3) is 0 Å². The molecule has 2 heteroatoms. The predicted octanol–water partition coefficient (Wildman–Crippen LogP) is 9.11. The predicted molar refractivity (Wildman–Crippen MR) is 125 cm³/mol. The quantitative estimate of drug-likeness (QED) is 0.425. The summed E-state index contributed by atoms with van der Waals surface area (Å²) in [5, 5.41) is 1.95. The van der Waals surface area contributed by atoms with Gasteiger partial charge in [-0.2, -0.15) is 0 Å². The Balaban J connectivity index is 2.74. The maximum atomic E-state index is 2.49. The minimum absolute atomic E-state index is 0.0189. The zero-order valence-corrected chi connectivity index (χ0v) is 19.6. The van der Waals surface area contributed by atoms with E-state index in [1.54, 1.807) is 5.57 Å². The van der Waals surface area contributed by atoms with Crippen LogP contribution in [0, 0.1) is 5.41 Å². The molecule has 0 N–H and O–H groups in total. The maximum Gasteiger partial charge on any atom is -0.00415 e. The molecule has 2 rings (SSSR count). The van der Waals surface area contributed by atoms with Crippen molar-refractivity contribution in [1.29, 1.82) is 0 Å². The molecule has 0 nitrogen and oxygen atoms in total. The molecule has 2 atom stereocenters. The van der Waals surface area contributed by atoms with Gasteiger partial charge >= 0.3 is 0 Å². The van der Waals surface area contributed by atoms with Crippen molar-refractivity contribution >= 4 is 20.8 Å². The van der Waals surface area contributed by atoms with Crippen LogP contribution in [0.2, 0.25) is 0 Å². The molecule has 0 radical (unpaired) electrons. The van der Waals surface area contributed by atoms with Crippen molar-refractivity contribution in [3.63, 3.8) is 0 Å². The Labute approximate surface area is 165 Å². The third-order valence-corrected chi connectivity index (χ3v) is 15.5. The highest BCUT2D eigenvalue weighted by atomic mass is 32.1. The third kappa shape index (κ3) is 4.80. The lowest BCUT2D eigenvalue weighted by atomic mass is 9.75. The second kappa shape index (κ2) is 11.0. The zero-order chi connectivity index (χ0) is 19.0. The number of allylic oxidation sites excluding steroid dienone is 2. The van der Waals surface area contributed by atoms with E-state index in [-0.39, 0.29) is 15.2 Å². The van der Waals surface area contributed by atoms with Gasteiger partial charge in [0.1, 0.15) is 0 Å². The molecule has 1 aliphatic rings. The second-order valence-electron chi connectivity index (χ2n) is 7.61. The van der Waals surface area contributed by atoms with E-state index in [2.05, 4.69) is 65.0 Å². The van der Waals surface area contributed by atoms with Crippen molar-refractivity contribution in [3.05, 3.63) is 41.2 Å². The summed E-state index contributed by atoms with van der Waals surface area (Å²) in [5.74, 6) is 0. The highest BCUT2D eigenvalue weighted by molar-refractivity contribution is 8.31. The van der Waals surface area contributed by atoms with Crippen LogP contribution in [0.25, 0.3) is 5.57 Å². The van der Waals surface area contributed by atoms with Crippen LogP contribution in [-0.2, 0) is 0 Å².